The SMILES string of the molecule is Cc1ccnc(NCC2CCCCC2)c1Br. The second-order valence-corrected chi connectivity index (χ2v) is 5.47. The summed E-state index contributed by atoms with van der Waals surface area (Å²) in [6.45, 7) is 3.16. The topological polar surface area (TPSA) is 24.9 Å². The Morgan fingerprint density at radius 2 is 2.12 bits per heavy atom. The van der Waals surface area contributed by atoms with E-state index in [1.807, 2.05) is 12.3 Å². The Labute approximate surface area is 106 Å². The third-order valence-corrected chi connectivity index (χ3v) is 4.37. The van der Waals surface area contributed by atoms with Crippen LogP contribution < -0.4 is 5.32 Å². The van der Waals surface area contributed by atoms with Crippen LogP contribution in [0.25, 0.3) is 0 Å². The Hall–Kier alpha value is -0.570. The lowest BCUT2D eigenvalue weighted by Crippen LogP contribution is -2.17. The van der Waals surface area contributed by atoms with Crippen LogP contribution in [0.2, 0.25) is 0 Å². The summed E-state index contributed by atoms with van der Waals surface area (Å²) in [6.07, 6.45) is 8.82. The van der Waals surface area contributed by atoms with Gasteiger partial charge in [0.2, 0.25) is 0 Å². The van der Waals surface area contributed by atoms with Crippen LogP contribution in [0.5, 0.6) is 0 Å². The van der Waals surface area contributed by atoms with E-state index >= 15 is 0 Å². The highest BCUT2D eigenvalue weighted by molar-refractivity contribution is 9.10. The van der Waals surface area contributed by atoms with Crippen LogP contribution in [0.1, 0.15) is 37.7 Å². The van der Waals surface area contributed by atoms with Crippen molar-refractivity contribution in [2.45, 2.75) is 39.0 Å². The highest BCUT2D eigenvalue weighted by atomic mass is 79.9. The van der Waals surface area contributed by atoms with Crippen molar-refractivity contribution < 1.29 is 0 Å². The van der Waals surface area contributed by atoms with E-state index in [0.29, 0.717) is 0 Å². The molecule has 1 aliphatic rings. The van der Waals surface area contributed by atoms with Gasteiger partial charge < -0.3 is 5.32 Å². The minimum absolute atomic E-state index is 0.836. The molecule has 0 spiro atoms. The molecule has 16 heavy (non-hydrogen) atoms. The average molecular weight is 283 g/mol. The molecule has 88 valence electrons. The first-order chi connectivity index (χ1) is 7.77. The standard InChI is InChI=1S/C13H19BrN2/c1-10-7-8-15-13(12(10)14)16-9-11-5-3-2-4-6-11/h7-8,11H,2-6,9H2,1H3,(H,15,16). The van der Waals surface area contributed by atoms with Gasteiger partial charge in [-0.05, 0) is 53.2 Å². The van der Waals surface area contributed by atoms with Crippen LogP contribution in [0, 0.1) is 12.8 Å². The van der Waals surface area contributed by atoms with Gasteiger partial charge in [-0.3, -0.25) is 0 Å². The van der Waals surface area contributed by atoms with E-state index in [-0.39, 0.29) is 0 Å². The Morgan fingerprint density at radius 1 is 1.38 bits per heavy atom. The normalized spacial score (nSPS) is 17.4. The lowest BCUT2D eigenvalue weighted by Gasteiger charge is -2.22. The first kappa shape index (κ1) is 11.9. The Morgan fingerprint density at radius 3 is 2.88 bits per heavy atom. The van der Waals surface area contributed by atoms with Gasteiger partial charge >= 0.3 is 0 Å². The number of pyridine rings is 1. The van der Waals surface area contributed by atoms with Gasteiger partial charge in [-0.15, -0.1) is 0 Å². The number of aryl methyl sites for hydroxylation is 1. The van der Waals surface area contributed by atoms with Crippen molar-refractivity contribution in [2.24, 2.45) is 5.92 Å². The van der Waals surface area contributed by atoms with E-state index < -0.39 is 0 Å². The molecule has 0 atom stereocenters. The number of anilines is 1. The van der Waals surface area contributed by atoms with Gasteiger partial charge in [0.05, 0.1) is 4.47 Å². The van der Waals surface area contributed by atoms with Crippen LogP contribution in [0.15, 0.2) is 16.7 Å². The fraction of sp³-hybridized carbons (Fsp3) is 0.615. The van der Waals surface area contributed by atoms with Crippen LogP contribution in [-0.4, -0.2) is 11.5 Å². The number of hydrogen-bond donors (Lipinski definition) is 1. The number of hydrogen-bond acceptors (Lipinski definition) is 2. The summed E-state index contributed by atoms with van der Waals surface area (Å²) in [6, 6.07) is 2.02. The zero-order chi connectivity index (χ0) is 11.4. The Kier molecular flexibility index (Phi) is 4.22. The molecular weight excluding hydrogens is 264 g/mol. The zero-order valence-electron chi connectivity index (χ0n) is 9.80. The Balaban J connectivity index is 1.91. The van der Waals surface area contributed by atoms with Crippen molar-refractivity contribution in [1.29, 1.82) is 0 Å². The fourth-order valence-electron chi connectivity index (χ4n) is 2.30. The molecule has 1 fully saturated rings. The third kappa shape index (κ3) is 2.97. The minimum atomic E-state index is 0.836. The molecule has 0 amide bonds. The monoisotopic (exact) mass is 282 g/mol. The van der Waals surface area contributed by atoms with E-state index in [2.05, 4.69) is 33.2 Å². The molecule has 0 aromatic carbocycles. The van der Waals surface area contributed by atoms with Gasteiger partial charge in [0.15, 0.2) is 0 Å². The molecule has 1 saturated carbocycles. The summed E-state index contributed by atoms with van der Waals surface area (Å²) in [5, 5.41) is 3.47. The van der Waals surface area contributed by atoms with E-state index in [1.165, 1.54) is 37.7 Å². The molecule has 0 aliphatic heterocycles. The van der Waals surface area contributed by atoms with Crippen molar-refractivity contribution in [2.75, 3.05) is 11.9 Å². The molecule has 2 nitrogen and oxygen atoms in total. The number of nitrogens with zero attached hydrogens (tertiary/aromatic N) is 1. The molecule has 1 N–H and O–H groups in total. The quantitative estimate of drug-likeness (QED) is 0.901. The van der Waals surface area contributed by atoms with E-state index in [4.69, 9.17) is 0 Å². The van der Waals surface area contributed by atoms with Gasteiger partial charge in [0.1, 0.15) is 5.82 Å². The number of rotatable bonds is 3. The Bertz CT molecular complexity index is 346. The number of halogens is 1. The molecule has 1 heterocycles. The molecule has 0 saturated heterocycles. The molecule has 0 bridgehead atoms. The molecule has 0 radical (unpaired) electrons. The largest absolute Gasteiger partial charge is 0.369 e. The first-order valence-corrected chi connectivity index (χ1v) is 6.91. The average Bonchev–Trinajstić information content (AvgIpc) is 2.32. The molecular formula is C13H19BrN2. The van der Waals surface area contributed by atoms with Crippen molar-refractivity contribution in [3.05, 3.63) is 22.3 Å². The van der Waals surface area contributed by atoms with Crippen molar-refractivity contribution >= 4 is 21.7 Å². The van der Waals surface area contributed by atoms with Crippen molar-refractivity contribution in [1.82, 2.24) is 4.98 Å². The molecule has 1 aliphatic carbocycles. The van der Waals surface area contributed by atoms with Gasteiger partial charge in [0, 0.05) is 12.7 Å². The van der Waals surface area contributed by atoms with Gasteiger partial charge in [-0.2, -0.15) is 0 Å². The smallest absolute Gasteiger partial charge is 0.140 e. The number of nitrogens with one attached hydrogen (secondary N) is 1. The second-order valence-electron chi connectivity index (χ2n) is 4.68. The predicted octanol–water partition coefficient (Wildman–Crippen LogP) is 4.14. The van der Waals surface area contributed by atoms with E-state index in [0.717, 1.165) is 22.8 Å². The van der Waals surface area contributed by atoms with Crippen molar-refractivity contribution in [3.8, 4) is 0 Å². The summed E-state index contributed by atoms with van der Waals surface area (Å²) in [5.74, 6) is 1.83. The second kappa shape index (κ2) is 5.67. The highest BCUT2D eigenvalue weighted by Gasteiger charge is 2.13. The highest BCUT2D eigenvalue weighted by Crippen LogP contribution is 2.26. The summed E-state index contributed by atoms with van der Waals surface area (Å²) < 4.78 is 1.10. The summed E-state index contributed by atoms with van der Waals surface area (Å²) in [5.41, 5.74) is 1.24. The lowest BCUT2D eigenvalue weighted by molar-refractivity contribution is 0.373. The van der Waals surface area contributed by atoms with Crippen LogP contribution in [0.4, 0.5) is 5.82 Å². The van der Waals surface area contributed by atoms with Gasteiger partial charge in [-0.25, -0.2) is 4.98 Å². The maximum absolute atomic E-state index is 4.37. The molecule has 3 heteroatoms. The van der Waals surface area contributed by atoms with Crippen molar-refractivity contribution in [3.63, 3.8) is 0 Å². The molecule has 1 aromatic rings. The summed E-state index contributed by atoms with van der Waals surface area (Å²) in [4.78, 5) is 4.37. The maximum Gasteiger partial charge on any atom is 0.140 e. The zero-order valence-corrected chi connectivity index (χ0v) is 11.4. The summed E-state index contributed by atoms with van der Waals surface area (Å²) in [7, 11) is 0. The molecule has 1 aromatic heterocycles. The maximum atomic E-state index is 4.37. The number of aromatic nitrogens is 1. The van der Waals surface area contributed by atoms with Crippen LogP contribution in [0.3, 0.4) is 0 Å². The van der Waals surface area contributed by atoms with E-state index in [9.17, 15) is 0 Å². The third-order valence-electron chi connectivity index (χ3n) is 3.37. The van der Waals surface area contributed by atoms with Crippen LogP contribution >= 0.6 is 15.9 Å². The summed E-state index contributed by atoms with van der Waals surface area (Å²) >= 11 is 3.58. The molecule has 0 unspecified atom stereocenters. The fourth-order valence-corrected chi connectivity index (χ4v) is 2.67. The van der Waals surface area contributed by atoms with Crippen LogP contribution in [-0.2, 0) is 0 Å². The first-order valence-electron chi connectivity index (χ1n) is 6.12. The van der Waals surface area contributed by atoms with Gasteiger partial charge in [0.25, 0.3) is 0 Å². The minimum Gasteiger partial charge on any atom is -0.369 e. The van der Waals surface area contributed by atoms with Gasteiger partial charge in [-0.1, -0.05) is 19.3 Å². The van der Waals surface area contributed by atoms with E-state index in [1.54, 1.807) is 0 Å². The predicted molar refractivity (Wildman–Crippen MR) is 71.7 cm³/mol. The molecule has 2 rings (SSSR count). The lowest BCUT2D eigenvalue weighted by atomic mass is 9.89.